The van der Waals surface area contributed by atoms with E-state index in [0.717, 1.165) is 57.5 Å². The van der Waals surface area contributed by atoms with Crippen molar-refractivity contribution in [1.82, 2.24) is 10.2 Å². The van der Waals surface area contributed by atoms with Gasteiger partial charge in [0.05, 0.1) is 13.2 Å². The van der Waals surface area contributed by atoms with Gasteiger partial charge in [0.15, 0.2) is 0 Å². The monoisotopic (exact) mass is 338 g/mol. The van der Waals surface area contributed by atoms with E-state index in [2.05, 4.69) is 22.3 Å². The Morgan fingerprint density at radius 3 is 2.65 bits per heavy atom. The maximum Gasteiger partial charge on any atom is 0.239 e. The topological polar surface area (TPSA) is 41.6 Å². The predicted octanol–water partition coefficient (Wildman–Crippen LogP) is 2.65. The molecule has 23 heavy (non-hydrogen) atoms. The van der Waals surface area contributed by atoms with Gasteiger partial charge in [-0.25, -0.2) is 0 Å². The molecule has 1 atom stereocenters. The average Bonchev–Trinajstić information content (AvgIpc) is 3.10. The van der Waals surface area contributed by atoms with Crippen LogP contribution >= 0.6 is 12.4 Å². The number of carbonyl (C=O) groups excluding carboxylic acids is 1. The molecule has 0 saturated carbocycles. The third-order valence-electron chi connectivity index (χ3n) is 4.99. The predicted molar refractivity (Wildman–Crippen MR) is 94.3 cm³/mol. The summed E-state index contributed by atoms with van der Waals surface area (Å²) >= 11 is 0. The van der Waals surface area contributed by atoms with Gasteiger partial charge in [-0.05, 0) is 56.2 Å². The van der Waals surface area contributed by atoms with Crippen LogP contribution in [-0.2, 0) is 11.2 Å². The number of halogens is 1. The fraction of sp³-hybridized carbons (Fsp3) is 0.611. The molecule has 3 rings (SSSR count). The Bertz CT molecular complexity index is 509. The van der Waals surface area contributed by atoms with Crippen molar-refractivity contribution in [2.24, 2.45) is 5.92 Å². The Morgan fingerprint density at radius 2 is 2.00 bits per heavy atom. The first-order valence-electron chi connectivity index (χ1n) is 8.42. The Labute approximate surface area is 145 Å². The highest BCUT2D eigenvalue weighted by Gasteiger charge is 2.29. The first kappa shape index (κ1) is 18.1. The van der Waals surface area contributed by atoms with Gasteiger partial charge in [0.25, 0.3) is 0 Å². The molecule has 2 heterocycles. The Balaban J connectivity index is 0.00000192. The average molecular weight is 339 g/mol. The Kier molecular flexibility index (Phi) is 6.72. The highest BCUT2D eigenvalue weighted by molar-refractivity contribution is 5.85. The van der Waals surface area contributed by atoms with E-state index in [9.17, 15) is 4.79 Å². The fourth-order valence-corrected chi connectivity index (χ4v) is 3.66. The van der Waals surface area contributed by atoms with Gasteiger partial charge in [-0.3, -0.25) is 4.79 Å². The third-order valence-corrected chi connectivity index (χ3v) is 4.99. The van der Waals surface area contributed by atoms with E-state index in [0.29, 0.717) is 11.8 Å². The number of nitrogens with one attached hydrogen (secondary N) is 1. The first-order chi connectivity index (χ1) is 10.8. The van der Waals surface area contributed by atoms with E-state index in [1.165, 1.54) is 5.56 Å². The second kappa shape index (κ2) is 8.55. The summed E-state index contributed by atoms with van der Waals surface area (Å²) in [4.78, 5) is 14.5. The Hall–Kier alpha value is -1.26. The number of methoxy groups -OCH3 is 1. The quantitative estimate of drug-likeness (QED) is 0.917. The number of carbonyl (C=O) groups is 1. The molecule has 1 N–H and O–H groups in total. The molecular formula is C18H27ClN2O2. The van der Waals surface area contributed by atoms with Gasteiger partial charge in [0.1, 0.15) is 5.75 Å². The second-order valence-electron chi connectivity index (χ2n) is 6.43. The number of ether oxygens (including phenoxy) is 1. The Morgan fingerprint density at radius 1 is 1.26 bits per heavy atom. The van der Waals surface area contributed by atoms with Gasteiger partial charge in [0.2, 0.25) is 5.91 Å². The zero-order valence-corrected chi connectivity index (χ0v) is 14.6. The molecule has 4 nitrogen and oxygen atoms in total. The molecule has 2 saturated heterocycles. The van der Waals surface area contributed by atoms with E-state index in [4.69, 9.17) is 4.74 Å². The summed E-state index contributed by atoms with van der Waals surface area (Å²) in [6.07, 6.45) is 5.36. The van der Waals surface area contributed by atoms with Gasteiger partial charge >= 0.3 is 0 Å². The van der Waals surface area contributed by atoms with Gasteiger partial charge in [0, 0.05) is 13.1 Å². The molecule has 2 aliphatic heterocycles. The number of nitrogens with zero attached hydrogens (tertiary/aromatic N) is 1. The van der Waals surface area contributed by atoms with Crippen LogP contribution in [0, 0.1) is 5.92 Å². The molecule has 0 radical (unpaired) electrons. The number of piperidine rings is 1. The van der Waals surface area contributed by atoms with Crippen LogP contribution in [0.25, 0.3) is 0 Å². The lowest BCUT2D eigenvalue weighted by molar-refractivity contribution is -0.134. The van der Waals surface area contributed by atoms with Crippen molar-refractivity contribution < 1.29 is 9.53 Å². The fourth-order valence-electron chi connectivity index (χ4n) is 3.66. The molecule has 0 bridgehead atoms. The molecule has 1 unspecified atom stereocenters. The molecular weight excluding hydrogens is 312 g/mol. The SMILES string of the molecule is COc1ccccc1CC1CCN(C(=O)C2CCCN2)CC1.Cl. The van der Waals surface area contributed by atoms with Crippen LogP contribution in [0.2, 0.25) is 0 Å². The normalized spacial score (nSPS) is 21.8. The van der Waals surface area contributed by atoms with Crippen LogP contribution in [0.3, 0.4) is 0 Å². The molecule has 2 fully saturated rings. The van der Waals surface area contributed by atoms with E-state index in [1.807, 2.05) is 12.1 Å². The summed E-state index contributed by atoms with van der Waals surface area (Å²) < 4.78 is 5.44. The van der Waals surface area contributed by atoms with Crippen molar-refractivity contribution in [1.29, 1.82) is 0 Å². The molecule has 5 heteroatoms. The van der Waals surface area contributed by atoms with Crippen LogP contribution in [0.4, 0.5) is 0 Å². The summed E-state index contributed by atoms with van der Waals surface area (Å²) in [5, 5.41) is 3.31. The van der Waals surface area contributed by atoms with Crippen LogP contribution in [0.15, 0.2) is 24.3 Å². The van der Waals surface area contributed by atoms with Crippen LogP contribution in [-0.4, -0.2) is 43.6 Å². The van der Waals surface area contributed by atoms with Crippen molar-refractivity contribution in [3.8, 4) is 5.75 Å². The smallest absolute Gasteiger partial charge is 0.239 e. The zero-order chi connectivity index (χ0) is 15.4. The van der Waals surface area contributed by atoms with Gasteiger partial charge < -0.3 is 15.0 Å². The molecule has 0 aliphatic carbocycles. The third kappa shape index (κ3) is 4.39. The highest BCUT2D eigenvalue weighted by atomic mass is 35.5. The van der Waals surface area contributed by atoms with Crippen LogP contribution < -0.4 is 10.1 Å². The van der Waals surface area contributed by atoms with Gasteiger partial charge in [-0.15, -0.1) is 12.4 Å². The number of hydrogen-bond acceptors (Lipinski definition) is 3. The zero-order valence-electron chi connectivity index (χ0n) is 13.8. The lowest BCUT2D eigenvalue weighted by atomic mass is 9.89. The minimum atomic E-state index is 0. The van der Waals surface area contributed by atoms with Gasteiger partial charge in [-0.1, -0.05) is 18.2 Å². The second-order valence-corrected chi connectivity index (χ2v) is 6.43. The summed E-state index contributed by atoms with van der Waals surface area (Å²) in [7, 11) is 1.73. The number of hydrogen-bond donors (Lipinski definition) is 1. The van der Waals surface area contributed by atoms with Gasteiger partial charge in [-0.2, -0.15) is 0 Å². The van der Waals surface area contributed by atoms with E-state index >= 15 is 0 Å². The van der Waals surface area contributed by atoms with Crippen molar-refractivity contribution >= 4 is 18.3 Å². The summed E-state index contributed by atoms with van der Waals surface area (Å²) in [5.74, 6) is 1.95. The minimum Gasteiger partial charge on any atom is -0.496 e. The molecule has 0 aromatic heterocycles. The molecule has 1 aromatic rings. The number of rotatable bonds is 4. The van der Waals surface area contributed by atoms with Crippen molar-refractivity contribution in [2.75, 3.05) is 26.7 Å². The lowest BCUT2D eigenvalue weighted by Crippen LogP contribution is -2.47. The summed E-state index contributed by atoms with van der Waals surface area (Å²) in [6.45, 7) is 2.79. The molecule has 1 aromatic carbocycles. The minimum absolute atomic E-state index is 0. The molecule has 0 spiro atoms. The summed E-state index contributed by atoms with van der Waals surface area (Å²) in [5.41, 5.74) is 1.28. The maximum absolute atomic E-state index is 12.4. The number of benzene rings is 1. The number of para-hydroxylation sites is 1. The van der Waals surface area contributed by atoms with Crippen LogP contribution in [0.5, 0.6) is 5.75 Å². The van der Waals surface area contributed by atoms with E-state index in [1.54, 1.807) is 7.11 Å². The summed E-state index contributed by atoms with van der Waals surface area (Å²) in [6, 6.07) is 8.34. The highest BCUT2D eigenvalue weighted by Crippen LogP contribution is 2.27. The van der Waals surface area contributed by atoms with Crippen molar-refractivity contribution in [2.45, 2.75) is 38.1 Å². The molecule has 2 aliphatic rings. The standard InChI is InChI=1S/C18H26N2O2.ClH/c1-22-17-7-3-2-5-15(17)13-14-8-11-20(12-9-14)18(21)16-6-4-10-19-16;/h2-3,5,7,14,16,19H,4,6,8-13H2,1H3;1H. The van der Waals surface area contributed by atoms with Crippen molar-refractivity contribution in [3.05, 3.63) is 29.8 Å². The lowest BCUT2D eigenvalue weighted by Gasteiger charge is -2.33. The maximum atomic E-state index is 12.4. The molecule has 1 amide bonds. The first-order valence-corrected chi connectivity index (χ1v) is 8.42. The van der Waals surface area contributed by atoms with E-state index < -0.39 is 0 Å². The largest absolute Gasteiger partial charge is 0.496 e. The van der Waals surface area contributed by atoms with Crippen molar-refractivity contribution in [3.63, 3.8) is 0 Å². The number of amides is 1. The molecule has 128 valence electrons. The van der Waals surface area contributed by atoms with Crippen LogP contribution in [0.1, 0.15) is 31.2 Å². The van der Waals surface area contributed by atoms with E-state index in [-0.39, 0.29) is 18.4 Å². The number of likely N-dealkylation sites (tertiary alicyclic amines) is 1.